The summed E-state index contributed by atoms with van der Waals surface area (Å²) in [6.45, 7) is 2.31. The van der Waals surface area contributed by atoms with Gasteiger partial charge in [-0.2, -0.15) is 0 Å². The lowest BCUT2D eigenvalue weighted by molar-refractivity contribution is -0.127. The fourth-order valence-electron chi connectivity index (χ4n) is 3.42. The summed E-state index contributed by atoms with van der Waals surface area (Å²) in [6, 6.07) is 20.9. The zero-order chi connectivity index (χ0) is 22.7. The number of hydrogen-bond donors (Lipinski definition) is 0. The number of amides is 1. The number of aryl methyl sites for hydroxylation is 1. The van der Waals surface area contributed by atoms with E-state index in [1.54, 1.807) is 40.8 Å². The van der Waals surface area contributed by atoms with E-state index < -0.39 is 0 Å². The first-order valence-electron chi connectivity index (χ1n) is 10.1. The van der Waals surface area contributed by atoms with Gasteiger partial charge in [0.25, 0.3) is 5.56 Å². The van der Waals surface area contributed by atoms with Crippen LogP contribution < -0.4 is 5.56 Å². The maximum atomic E-state index is 13.3. The second kappa shape index (κ2) is 9.36. The van der Waals surface area contributed by atoms with Gasteiger partial charge in [0, 0.05) is 13.6 Å². The van der Waals surface area contributed by atoms with Crippen molar-refractivity contribution in [3.8, 4) is 5.69 Å². The molecule has 7 heteroatoms. The highest BCUT2D eigenvalue weighted by Gasteiger charge is 2.17. The van der Waals surface area contributed by atoms with Crippen molar-refractivity contribution in [2.24, 2.45) is 0 Å². The van der Waals surface area contributed by atoms with Crippen LogP contribution in [-0.4, -0.2) is 33.2 Å². The molecule has 32 heavy (non-hydrogen) atoms. The molecule has 162 valence electrons. The van der Waals surface area contributed by atoms with E-state index in [9.17, 15) is 14.0 Å². The molecule has 0 atom stereocenters. The summed E-state index contributed by atoms with van der Waals surface area (Å²) in [6.07, 6.45) is 0. The van der Waals surface area contributed by atoms with Gasteiger partial charge < -0.3 is 4.90 Å². The first kappa shape index (κ1) is 21.8. The van der Waals surface area contributed by atoms with E-state index in [0.717, 1.165) is 16.8 Å². The van der Waals surface area contributed by atoms with Gasteiger partial charge in [0.1, 0.15) is 5.82 Å². The van der Waals surface area contributed by atoms with Gasteiger partial charge in [0.15, 0.2) is 5.16 Å². The molecule has 0 aliphatic heterocycles. The molecule has 0 saturated carbocycles. The molecule has 1 amide bonds. The van der Waals surface area contributed by atoms with Gasteiger partial charge in [0.2, 0.25) is 5.91 Å². The number of aromatic nitrogens is 2. The number of nitrogens with zero attached hydrogens (tertiary/aromatic N) is 3. The maximum Gasteiger partial charge on any atom is 0.266 e. The topological polar surface area (TPSA) is 55.2 Å². The lowest BCUT2D eigenvalue weighted by atomic mass is 10.2. The van der Waals surface area contributed by atoms with E-state index in [4.69, 9.17) is 4.98 Å². The summed E-state index contributed by atoms with van der Waals surface area (Å²) in [7, 11) is 1.70. The van der Waals surface area contributed by atoms with Crippen LogP contribution in [0.15, 0.2) is 82.7 Å². The van der Waals surface area contributed by atoms with Gasteiger partial charge >= 0.3 is 0 Å². The second-order valence-corrected chi connectivity index (χ2v) is 8.45. The van der Waals surface area contributed by atoms with Gasteiger partial charge in [-0.05, 0) is 48.4 Å². The van der Waals surface area contributed by atoms with Crippen LogP contribution in [0.4, 0.5) is 4.39 Å². The summed E-state index contributed by atoms with van der Waals surface area (Å²) >= 11 is 1.23. The van der Waals surface area contributed by atoms with Crippen LogP contribution in [0.5, 0.6) is 0 Å². The van der Waals surface area contributed by atoms with E-state index in [1.165, 1.54) is 23.9 Å². The minimum Gasteiger partial charge on any atom is -0.341 e. The Morgan fingerprint density at radius 1 is 1.03 bits per heavy atom. The Bertz CT molecular complexity index is 1340. The van der Waals surface area contributed by atoms with Gasteiger partial charge in [-0.25, -0.2) is 9.37 Å². The molecule has 0 saturated heterocycles. The smallest absolute Gasteiger partial charge is 0.266 e. The number of para-hydroxylation sites is 2. The number of carbonyl (C=O) groups is 1. The zero-order valence-corrected chi connectivity index (χ0v) is 18.6. The van der Waals surface area contributed by atoms with Crippen LogP contribution in [-0.2, 0) is 11.3 Å². The van der Waals surface area contributed by atoms with Crippen molar-refractivity contribution in [2.75, 3.05) is 12.8 Å². The van der Waals surface area contributed by atoms with Gasteiger partial charge in [-0.3, -0.25) is 14.2 Å². The fourth-order valence-corrected chi connectivity index (χ4v) is 4.37. The third-order valence-electron chi connectivity index (χ3n) is 5.18. The SMILES string of the molecule is Cc1ccccc1-n1c(SCC(=O)N(C)Cc2ccc(F)cc2)nc2ccccc2c1=O. The average molecular weight is 448 g/mol. The highest BCUT2D eigenvalue weighted by Crippen LogP contribution is 2.23. The minimum absolute atomic E-state index is 0.113. The lowest BCUT2D eigenvalue weighted by Crippen LogP contribution is -2.28. The number of rotatable bonds is 6. The van der Waals surface area contributed by atoms with Crippen molar-refractivity contribution in [1.82, 2.24) is 14.5 Å². The number of fused-ring (bicyclic) bond motifs is 1. The van der Waals surface area contributed by atoms with Crippen molar-refractivity contribution < 1.29 is 9.18 Å². The number of hydrogen-bond acceptors (Lipinski definition) is 4. The van der Waals surface area contributed by atoms with Crippen LogP contribution >= 0.6 is 11.8 Å². The molecule has 0 spiro atoms. The molecule has 4 rings (SSSR count). The van der Waals surface area contributed by atoms with Crippen LogP contribution in [0.3, 0.4) is 0 Å². The maximum absolute atomic E-state index is 13.3. The van der Waals surface area contributed by atoms with Gasteiger partial charge in [0.05, 0.1) is 22.3 Å². The van der Waals surface area contributed by atoms with E-state index in [0.29, 0.717) is 22.6 Å². The van der Waals surface area contributed by atoms with Crippen LogP contribution in [0.1, 0.15) is 11.1 Å². The largest absolute Gasteiger partial charge is 0.341 e. The third kappa shape index (κ3) is 4.57. The van der Waals surface area contributed by atoms with Crippen LogP contribution in [0, 0.1) is 12.7 Å². The van der Waals surface area contributed by atoms with Crippen LogP contribution in [0.25, 0.3) is 16.6 Å². The predicted octanol–water partition coefficient (Wildman–Crippen LogP) is 4.58. The molecular formula is C25H22FN3O2S. The Morgan fingerprint density at radius 2 is 1.72 bits per heavy atom. The monoisotopic (exact) mass is 447 g/mol. The molecule has 0 aliphatic rings. The Morgan fingerprint density at radius 3 is 2.47 bits per heavy atom. The summed E-state index contributed by atoms with van der Waals surface area (Å²) in [5.74, 6) is -0.304. The molecule has 0 unspecified atom stereocenters. The van der Waals surface area contributed by atoms with Crippen molar-refractivity contribution in [3.63, 3.8) is 0 Å². The Kier molecular flexibility index (Phi) is 6.37. The zero-order valence-electron chi connectivity index (χ0n) is 17.8. The van der Waals surface area contributed by atoms with E-state index in [-0.39, 0.29) is 23.0 Å². The molecule has 1 heterocycles. The average Bonchev–Trinajstić information content (AvgIpc) is 2.80. The molecule has 3 aromatic carbocycles. The standard InChI is InChI=1S/C25H22FN3O2S/c1-17-7-3-6-10-22(17)29-24(31)20-8-4-5-9-21(20)27-25(29)32-16-23(30)28(2)15-18-11-13-19(26)14-12-18/h3-14H,15-16H2,1-2H3. The summed E-state index contributed by atoms with van der Waals surface area (Å²) < 4.78 is 14.7. The van der Waals surface area contributed by atoms with Gasteiger partial charge in [-0.1, -0.05) is 54.2 Å². The second-order valence-electron chi connectivity index (χ2n) is 7.50. The number of benzene rings is 3. The normalized spacial score (nSPS) is 11.0. The highest BCUT2D eigenvalue weighted by molar-refractivity contribution is 7.99. The predicted molar refractivity (Wildman–Crippen MR) is 126 cm³/mol. The Balaban J connectivity index is 1.63. The first-order valence-corrected chi connectivity index (χ1v) is 11.1. The van der Waals surface area contributed by atoms with Crippen molar-refractivity contribution in [2.45, 2.75) is 18.6 Å². The Hall–Kier alpha value is -3.45. The molecule has 1 aromatic heterocycles. The number of carbonyl (C=O) groups excluding carboxylic acids is 1. The first-order chi connectivity index (χ1) is 15.4. The molecule has 5 nitrogen and oxygen atoms in total. The van der Waals surface area contributed by atoms with E-state index in [1.807, 2.05) is 43.3 Å². The van der Waals surface area contributed by atoms with Crippen molar-refractivity contribution in [3.05, 3.63) is 100 Å². The molecule has 0 bridgehead atoms. The molecule has 0 radical (unpaired) electrons. The third-order valence-corrected chi connectivity index (χ3v) is 6.11. The lowest BCUT2D eigenvalue weighted by Gasteiger charge is -2.18. The van der Waals surface area contributed by atoms with Crippen molar-refractivity contribution in [1.29, 1.82) is 0 Å². The fraction of sp³-hybridized carbons (Fsp3) is 0.160. The summed E-state index contributed by atoms with van der Waals surface area (Å²) in [4.78, 5) is 32.4. The quantitative estimate of drug-likeness (QED) is 0.321. The number of halogens is 1. The minimum atomic E-state index is -0.310. The van der Waals surface area contributed by atoms with E-state index in [2.05, 4.69) is 0 Å². The summed E-state index contributed by atoms with van der Waals surface area (Å²) in [5, 5.41) is 0.992. The van der Waals surface area contributed by atoms with Crippen LogP contribution in [0.2, 0.25) is 0 Å². The summed E-state index contributed by atoms with van der Waals surface area (Å²) in [5.41, 5.74) is 2.95. The molecule has 0 fully saturated rings. The van der Waals surface area contributed by atoms with E-state index >= 15 is 0 Å². The Labute approximate surface area is 189 Å². The molecule has 0 N–H and O–H groups in total. The number of thioether (sulfide) groups is 1. The molecule has 0 aliphatic carbocycles. The van der Waals surface area contributed by atoms with Gasteiger partial charge in [-0.15, -0.1) is 0 Å². The highest BCUT2D eigenvalue weighted by atomic mass is 32.2. The molecular weight excluding hydrogens is 425 g/mol. The molecule has 4 aromatic rings. The van der Waals surface area contributed by atoms with Crippen molar-refractivity contribution >= 4 is 28.6 Å².